The number of rotatable bonds is 3. The number of carbonyl (C=O) groups is 1. The molecule has 1 aromatic carbocycles. The molecule has 2 aromatic rings. The minimum Gasteiger partial charge on any atom is -0.497 e. The second kappa shape index (κ2) is 6.17. The molecule has 1 saturated carbocycles. The Morgan fingerprint density at radius 2 is 1.95 bits per heavy atom. The maximum absolute atomic E-state index is 12.7. The Labute approximate surface area is 125 Å². The number of hydrogen-bond donors (Lipinski definition) is 0. The summed E-state index contributed by atoms with van der Waals surface area (Å²) < 4.78 is 7.02. The van der Waals surface area contributed by atoms with Crippen LogP contribution in [0.2, 0.25) is 0 Å². The first-order valence-electron chi connectivity index (χ1n) is 7.65. The minimum absolute atomic E-state index is 0.0273. The molecule has 0 spiro atoms. The van der Waals surface area contributed by atoms with Gasteiger partial charge in [0.15, 0.2) is 0 Å². The molecule has 0 atom stereocenters. The smallest absolute Gasteiger partial charge is 0.262 e. The van der Waals surface area contributed by atoms with Gasteiger partial charge in [0.05, 0.1) is 7.11 Å². The summed E-state index contributed by atoms with van der Waals surface area (Å²) in [6.07, 6.45) is 8.12. The monoisotopic (exact) mass is 283 g/mol. The molecule has 1 fully saturated rings. The second-order valence-corrected chi connectivity index (χ2v) is 5.68. The van der Waals surface area contributed by atoms with Crippen molar-refractivity contribution in [1.29, 1.82) is 0 Å². The number of methoxy groups -OCH3 is 1. The fourth-order valence-electron chi connectivity index (χ4n) is 3.21. The van der Waals surface area contributed by atoms with Crippen molar-refractivity contribution < 1.29 is 9.53 Å². The number of benzene rings is 1. The molecular weight excluding hydrogens is 262 g/mol. The van der Waals surface area contributed by atoms with Crippen LogP contribution in [0.1, 0.15) is 54.1 Å². The first-order valence-corrected chi connectivity index (χ1v) is 7.65. The van der Waals surface area contributed by atoms with Crippen LogP contribution < -0.4 is 4.74 Å². The molecule has 1 aliphatic carbocycles. The van der Waals surface area contributed by atoms with E-state index in [0.29, 0.717) is 17.2 Å². The van der Waals surface area contributed by atoms with Gasteiger partial charge < -0.3 is 4.74 Å². The Hall–Kier alpha value is -2.03. The van der Waals surface area contributed by atoms with Crippen molar-refractivity contribution in [2.24, 2.45) is 0 Å². The summed E-state index contributed by atoms with van der Waals surface area (Å²) in [6, 6.07) is 11.4. The molecule has 0 saturated heterocycles. The van der Waals surface area contributed by atoms with Gasteiger partial charge >= 0.3 is 0 Å². The van der Waals surface area contributed by atoms with E-state index >= 15 is 0 Å². The van der Waals surface area contributed by atoms with Gasteiger partial charge in [-0.3, -0.25) is 9.36 Å². The molecular formula is C18H21NO2. The van der Waals surface area contributed by atoms with Gasteiger partial charge in [-0.15, -0.1) is 0 Å². The third kappa shape index (κ3) is 2.87. The highest BCUT2D eigenvalue weighted by Gasteiger charge is 2.21. The highest BCUT2D eigenvalue weighted by atomic mass is 16.5. The van der Waals surface area contributed by atoms with Crippen LogP contribution >= 0.6 is 0 Å². The predicted octanol–water partition coefficient (Wildman–Crippen LogP) is 4.23. The molecule has 0 aliphatic heterocycles. The summed E-state index contributed by atoms with van der Waals surface area (Å²) in [5.74, 6) is 1.26. The van der Waals surface area contributed by atoms with Gasteiger partial charge in [-0.2, -0.15) is 0 Å². The number of ether oxygens (including phenoxy) is 1. The standard InChI is InChI=1S/C18H21NO2/c1-21-16-10-5-9-15(13-16)18(20)19-12-6-11-17(19)14-7-3-2-4-8-14/h5-6,9-14H,2-4,7-8H2,1H3. The van der Waals surface area contributed by atoms with E-state index in [1.165, 1.54) is 32.1 Å². The van der Waals surface area contributed by atoms with E-state index in [4.69, 9.17) is 4.74 Å². The van der Waals surface area contributed by atoms with Crippen LogP contribution in [0.3, 0.4) is 0 Å². The van der Waals surface area contributed by atoms with Crippen LogP contribution in [0.4, 0.5) is 0 Å². The van der Waals surface area contributed by atoms with Crippen LogP contribution in [0, 0.1) is 0 Å². The van der Waals surface area contributed by atoms with E-state index in [1.807, 2.05) is 35.0 Å². The maximum Gasteiger partial charge on any atom is 0.262 e. The average molecular weight is 283 g/mol. The lowest BCUT2D eigenvalue weighted by Gasteiger charge is -2.23. The van der Waals surface area contributed by atoms with Gasteiger partial charge in [0, 0.05) is 17.5 Å². The quantitative estimate of drug-likeness (QED) is 0.844. The Kier molecular flexibility index (Phi) is 4.09. The van der Waals surface area contributed by atoms with E-state index in [2.05, 4.69) is 6.07 Å². The SMILES string of the molecule is COc1cccc(C(=O)n2cccc2C2CCCCC2)c1. The lowest BCUT2D eigenvalue weighted by atomic mass is 9.87. The fourth-order valence-corrected chi connectivity index (χ4v) is 3.21. The Bertz CT molecular complexity index is 624. The largest absolute Gasteiger partial charge is 0.497 e. The molecule has 3 rings (SSSR count). The van der Waals surface area contributed by atoms with Crippen LogP contribution in [0.25, 0.3) is 0 Å². The summed E-state index contributed by atoms with van der Waals surface area (Å²) in [4.78, 5) is 12.7. The van der Waals surface area contributed by atoms with Crippen LogP contribution in [0.5, 0.6) is 5.75 Å². The number of aromatic nitrogens is 1. The van der Waals surface area contributed by atoms with Gasteiger partial charge in [0.2, 0.25) is 0 Å². The van der Waals surface area contributed by atoms with Gasteiger partial charge in [-0.25, -0.2) is 0 Å². The van der Waals surface area contributed by atoms with Gasteiger partial charge in [-0.1, -0.05) is 25.3 Å². The molecule has 0 radical (unpaired) electrons. The predicted molar refractivity (Wildman–Crippen MR) is 83.0 cm³/mol. The van der Waals surface area contributed by atoms with E-state index < -0.39 is 0 Å². The molecule has 3 nitrogen and oxygen atoms in total. The van der Waals surface area contributed by atoms with E-state index in [1.54, 1.807) is 13.2 Å². The van der Waals surface area contributed by atoms with Crippen LogP contribution in [0.15, 0.2) is 42.6 Å². The van der Waals surface area contributed by atoms with Gasteiger partial charge in [0.1, 0.15) is 5.75 Å². The van der Waals surface area contributed by atoms with Crippen molar-refractivity contribution in [2.45, 2.75) is 38.0 Å². The summed E-state index contributed by atoms with van der Waals surface area (Å²) in [6.45, 7) is 0. The fraction of sp³-hybridized carbons (Fsp3) is 0.389. The molecule has 0 N–H and O–H groups in total. The van der Waals surface area contributed by atoms with Crippen molar-refractivity contribution in [3.63, 3.8) is 0 Å². The summed E-state index contributed by atoms with van der Waals surface area (Å²) >= 11 is 0. The summed E-state index contributed by atoms with van der Waals surface area (Å²) in [5.41, 5.74) is 1.82. The van der Waals surface area contributed by atoms with Crippen LogP contribution in [-0.4, -0.2) is 17.6 Å². The summed E-state index contributed by atoms with van der Waals surface area (Å²) in [5, 5.41) is 0. The summed E-state index contributed by atoms with van der Waals surface area (Å²) in [7, 11) is 1.62. The first kappa shape index (κ1) is 13.9. The van der Waals surface area contributed by atoms with Crippen molar-refractivity contribution in [2.75, 3.05) is 7.11 Å². The molecule has 1 heterocycles. The van der Waals surface area contributed by atoms with E-state index in [9.17, 15) is 4.79 Å². The second-order valence-electron chi connectivity index (χ2n) is 5.68. The molecule has 21 heavy (non-hydrogen) atoms. The van der Waals surface area contributed by atoms with Gasteiger partial charge in [0.25, 0.3) is 5.91 Å². The first-order chi connectivity index (χ1) is 10.3. The third-order valence-electron chi connectivity index (χ3n) is 4.34. The molecule has 0 amide bonds. The van der Waals surface area contributed by atoms with Gasteiger partial charge in [-0.05, 0) is 49.1 Å². The lowest BCUT2D eigenvalue weighted by Crippen LogP contribution is -2.17. The topological polar surface area (TPSA) is 31.2 Å². The molecule has 110 valence electrons. The molecule has 3 heteroatoms. The number of nitrogens with zero attached hydrogens (tertiary/aromatic N) is 1. The molecule has 0 bridgehead atoms. The zero-order valence-electron chi connectivity index (χ0n) is 12.4. The third-order valence-corrected chi connectivity index (χ3v) is 4.34. The zero-order valence-corrected chi connectivity index (χ0v) is 12.4. The minimum atomic E-state index is 0.0273. The molecule has 0 unspecified atom stereocenters. The normalized spacial score (nSPS) is 15.9. The van der Waals surface area contributed by atoms with Crippen molar-refractivity contribution in [3.8, 4) is 5.75 Å². The Morgan fingerprint density at radius 1 is 1.14 bits per heavy atom. The lowest BCUT2D eigenvalue weighted by molar-refractivity contribution is 0.0954. The van der Waals surface area contributed by atoms with Crippen molar-refractivity contribution in [1.82, 2.24) is 4.57 Å². The molecule has 1 aromatic heterocycles. The average Bonchev–Trinajstić information content (AvgIpc) is 3.04. The van der Waals surface area contributed by atoms with Crippen molar-refractivity contribution in [3.05, 3.63) is 53.9 Å². The van der Waals surface area contributed by atoms with E-state index in [0.717, 1.165) is 5.69 Å². The molecule has 1 aliphatic rings. The van der Waals surface area contributed by atoms with E-state index in [-0.39, 0.29) is 5.91 Å². The zero-order chi connectivity index (χ0) is 14.7. The number of carbonyl (C=O) groups excluding carboxylic acids is 1. The maximum atomic E-state index is 12.7. The Morgan fingerprint density at radius 3 is 2.71 bits per heavy atom. The van der Waals surface area contributed by atoms with Crippen LogP contribution in [-0.2, 0) is 0 Å². The van der Waals surface area contributed by atoms with Crippen molar-refractivity contribution >= 4 is 5.91 Å². The Balaban J connectivity index is 1.89. The number of hydrogen-bond acceptors (Lipinski definition) is 2. The highest BCUT2D eigenvalue weighted by molar-refractivity contribution is 5.96. The highest BCUT2D eigenvalue weighted by Crippen LogP contribution is 2.33.